The summed E-state index contributed by atoms with van der Waals surface area (Å²) >= 11 is 0. The number of piperazine rings is 1. The average Bonchev–Trinajstić information content (AvgIpc) is 2.39. The van der Waals surface area contributed by atoms with Crippen LogP contribution in [0, 0.1) is 0 Å². The summed E-state index contributed by atoms with van der Waals surface area (Å²) in [6.07, 6.45) is 0. The van der Waals surface area contributed by atoms with Crippen LogP contribution in [0.2, 0.25) is 0 Å². The second-order valence-electron chi connectivity index (χ2n) is 4.16. The largest absolute Gasteiger partial charge is 0.399 e. The van der Waals surface area contributed by atoms with E-state index in [2.05, 4.69) is 4.90 Å². The van der Waals surface area contributed by atoms with Gasteiger partial charge in [-0.3, -0.25) is 4.79 Å². The lowest BCUT2D eigenvalue weighted by atomic mass is 10.2. The molecule has 0 radical (unpaired) electrons. The summed E-state index contributed by atoms with van der Waals surface area (Å²) in [7, 11) is 0. The van der Waals surface area contributed by atoms with E-state index < -0.39 is 0 Å². The average molecular weight is 234 g/mol. The highest BCUT2D eigenvalue weighted by molar-refractivity contribution is 5.78. The molecule has 1 aromatic rings. The molecule has 1 amide bonds. The number of rotatable bonds is 2. The number of carbonyl (C=O) groups is 1. The molecule has 0 atom stereocenters. The molecule has 5 heteroatoms. The summed E-state index contributed by atoms with van der Waals surface area (Å²) in [6.45, 7) is 3.26. The van der Waals surface area contributed by atoms with Gasteiger partial charge in [-0.25, -0.2) is 0 Å². The third-order valence-electron chi connectivity index (χ3n) is 3.07. The van der Waals surface area contributed by atoms with Crippen molar-refractivity contribution in [2.24, 2.45) is 5.73 Å². The zero-order valence-electron chi connectivity index (χ0n) is 9.80. The van der Waals surface area contributed by atoms with Crippen LogP contribution in [0.15, 0.2) is 24.3 Å². The van der Waals surface area contributed by atoms with E-state index >= 15 is 0 Å². The molecule has 4 N–H and O–H groups in total. The van der Waals surface area contributed by atoms with Gasteiger partial charge in [-0.15, -0.1) is 0 Å². The molecular formula is C12H18N4O. The Labute approximate surface area is 101 Å². The molecule has 1 aliphatic rings. The monoisotopic (exact) mass is 234 g/mol. The lowest BCUT2D eigenvalue weighted by Crippen LogP contribution is -2.50. The molecule has 1 fully saturated rings. The molecule has 0 unspecified atom stereocenters. The number of anilines is 2. The molecule has 0 aliphatic carbocycles. The number of carbonyl (C=O) groups excluding carboxylic acids is 1. The first-order valence-corrected chi connectivity index (χ1v) is 5.79. The molecule has 0 saturated carbocycles. The fraction of sp³-hybridized carbons (Fsp3) is 0.417. The minimum absolute atomic E-state index is 0.0296. The Morgan fingerprint density at radius 2 is 1.71 bits per heavy atom. The van der Waals surface area contributed by atoms with Crippen molar-refractivity contribution >= 4 is 17.3 Å². The topological polar surface area (TPSA) is 75.6 Å². The maximum atomic E-state index is 11.4. The molecule has 5 nitrogen and oxygen atoms in total. The minimum Gasteiger partial charge on any atom is -0.399 e. The lowest BCUT2D eigenvalue weighted by molar-refractivity contribution is -0.129. The molecule has 1 aromatic carbocycles. The first kappa shape index (κ1) is 11.7. The van der Waals surface area contributed by atoms with Gasteiger partial charge in [-0.2, -0.15) is 0 Å². The van der Waals surface area contributed by atoms with Gasteiger partial charge in [0.15, 0.2) is 0 Å². The van der Waals surface area contributed by atoms with E-state index in [1.807, 2.05) is 29.2 Å². The van der Waals surface area contributed by atoms with Crippen LogP contribution in [0.4, 0.5) is 11.4 Å². The predicted molar refractivity (Wildman–Crippen MR) is 68.7 cm³/mol. The van der Waals surface area contributed by atoms with Crippen molar-refractivity contribution in [2.75, 3.05) is 43.4 Å². The normalized spacial score (nSPS) is 16.1. The highest BCUT2D eigenvalue weighted by Crippen LogP contribution is 2.17. The molecule has 17 heavy (non-hydrogen) atoms. The number of nitrogen functional groups attached to an aromatic ring is 1. The second-order valence-corrected chi connectivity index (χ2v) is 4.16. The Balaban J connectivity index is 1.95. The van der Waals surface area contributed by atoms with Crippen molar-refractivity contribution in [2.45, 2.75) is 0 Å². The first-order chi connectivity index (χ1) is 8.20. The predicted octanol–water partition coefficient (Wildman–Crippen LogP) is -0.124. The SMILES string of the molecule is NCC(=O)N1CCN(c2ccc(N)cc2)CC1. The Morgan fingerprint density at radius 1 is 1.12 bits per heavy atom. The number of hydrogen-bond donors (Lipinski definition) is 2. The Morgan fingerprint density at radius 3 is 2.24 bits per heavy atom. The standard InChI is InChI=1S/C12H18N4O/c13-9-12(17)16-7-5-15(6-8-16)11-3-1-10(14)2-4-11/h1-4H,5-9,13-14H2. The summed E-state index contributed by atoms with van der Waals surface area (Å²) in [5.41, 5.74) is 12.9. The zero-order valence-corrected chi connectivity index (χ0v) is 9.80. The van der Waals surface area contributed by atoms with E-state index in [4.69, 9.17) is 11.5 Å². The first-order valence-electron chi connectivity index (χ1n) is 5.79. The Bertz CT molecular complexity index is 382. The molecule has 0 spiro atoms. The number of nitrogens with zero attached hydrogens (tertiary/aromatic N) is 2. The maximum absolute atomic E-state index is 11.4. The molecule has 0 bridgehead atoms. The quantitative estimate of drug-likeness (QED) is 0.699. The van der Waals surface area contributed by atoms with Gasteiger partial charge < -0.3 is 21.3 Å². The number of nitrogens with two attached hydrogens (primary N) is 2. The highest BCUT2D eigenvalue weighted by Gasteiger charge is 2.19. The summed E-state index contributed by atoms with van der Waals surface area (Å²) < 4.78 is 0. The minimum atomic E-state index is 0.0296. The van der Waals surface area contributed by atoms with Crippen molar-refractivity contribution in [3.63, 3.8) is 0 Å². The van der Waals surface area contributed by atoms with Crippen LogP contribution in [0.1, 0.15) is 0 Å². The maximum Gasteiger partial charge on any atom is 0.236 e. The smallest absolute Gasteiger partial charge is 0.236 e. The van der Waals surface area contributed by atoms with Crippen molar-refractivity contribution in [3.05, 3.63) is 24.3 Å². The fourth-order valence-electron chi connectivity index (χ4n) is 2.03. The van der Waals surface area contributed by atoms with Crippen LogP contribution in [-0.2, 0) is 4.79 Å². The van der Waals surface area contributed by atoms with E-state index in [0.29, 0.717) is 0 Å². The second kappa shape index (κ2) is 5.05. The number of amides is 1. The van der Waals surface area contributed by atoms with Gasteiger partial charge in [0.2, 0.25) is 5.91 Å². The van der Waals surface area contributed by atoms with E-state index in [1.54, 1.807) is 0 Å². The molecule has 1 aliphatic heterocycles. The zero-order chi connectivity index (χ0) is 12.3. The van der Waals surface area contributed by atoms with E-state index in [-0.39, 0.29) is 12.5 Å². The van der Waals surface area contributed by atoms with Crippen LogP contribution in [0.5, 0.6) is 0 Å². The molecule has 92 valence electrons. The van der Waals surface area contributed by atoms with Crippen LogP contribution in [0.3, 0.4) is 0 Å². The number of benzene rings is 1. The van der Waals surface area contributed by atoms with Crippen LogP contribution >= 0.6 is 0 Å². The number of hydrogen-bond acceptors (Lipinski definition) is 4. The van der Waals surface area contributed by atoms with Gasteiger partial charge in [0, 0.05) is 37.6 Å². The Kier molecular flexibility index (Phi) is 3.49. The van der Waals surface area contributed by atoms with Gasteiger partial charge in [0.05, 0.1) is 6.54 Å². The summed E-state index contributed by atoms with van der Waals surface area (Å²) in [6, 6.07) is 7.81. The van der Waals surface area contributed by atoms with E-state index in [1.165, 1.54) is 0 Å². The summed E-state index contributed by atoms with van der Waals surface area (Å²) in [5.74, 6) is 0.0296. The van der Waals surface area contributed by atoms with Crippen LogP contribution < -0.4 is 16.4 Å². The molecule has 1 heterocycles. The summed E-state index contributed by atoms with van der Waals surface area (Å²) in [5, 5.41) is 0. The van der Waals surface area contributed by atoms with Gasteiger partial charge in [0.25, 0.3) is 0 Å². The third kappa shape index (κ3) is 2.68. The molecule has 0 aromatic heterocycles. The van der Waals surface area contributed by atoms with E-state index in [0.717, 1.165) is 37.6 Å². The lowest BCUT2D eigenvalue weighted by Gasteiger charge is -2.36. The van der Waals surface area contributed by atoms with Crippen molar-refractivity contribution in [1.29, 1.82) is 0 Å². The van der Waals surface area contributed by atoms with Crippen LogP contribution in [0.25, 0.3) is 0 Å². The van der Waals surface area contributed by atoms with Crippen molar-refractivity contribution in [3.8, 4) is 0 Å². The van der Waals surface area contributed by atoms with Gasteiger partial charge in [-0.1, -0.05) is 0 Å². The fourth-order valence-corrected chi connectivity index (χ4v) is 2.03. The van der Waals surface area contributed by atoms with Gasteiger partial charge in [-0.05, 0) is 24.3 Å². The summed E-state index contributed by atoms with van der Waals surface area (Å²) in [4.78, 5) is 15.5. The molecule has 1 saturated heterocycles. The van der Waals surface area contributed by atoms with Crippen molar-refractivity contribution in [1.82, 2.24) is 4.90 Å². The van der Waals surface area contributed by atoms with Gasteiger partial charge in [0.1, 0.15) is 0 Å². The molecule has 2 rings (SSSR count). The third-order valence-corrected chi connectivity index (χ3v) is 3.07. The van der Waals surface area contributed by atoms with E-state index in [9.17, 15) is 4.79 Å². The molecular weight excluding hydrogens is 216 g/mol. The Hall–Kier alpha value is -1.75. The van der Waals surface area contributed by atoms with Gasteiger partial charge >= 0.3 is 0 Å². The van der Waals surface area contributed by atoms with Crippen LogP contribution in [-0.4, -0.2) is 43.5 Å². The van der Waals surface area contributed by atoms with Crippen molar-refractivity contribution < 1.29 is 4.79 Å². The highest BCUT2D eigenvalue weighted by atomic mass is 16.2.